The summed E-state index contributed by atoms with van der Waals surface area (Å²) in [5, 5.41) is 10.2. The van der Waals surface area contributed by atoms with Crippen LogP contribution in [0.3, 0.4) is 0 Å². The number of carbonyl (C=O) groups is 1. The molecule has 0 atom stereocenters. The number of hydrogen-bond donors (Lipinski definition) is 1. The van der Waals surface area contributed by atoms with E-state index in [0.717, 1.165) is 17.0 Å². The van der Waals surface area contributed by atoms with Gasteiger partial charge in [0.05, 0.1) is 5.56 Å². The van der Waals surface area contributed by atoms with Gasteiger partial charge in [-0.25, -0.2) is 4.39 Å². The van der Waals surface area contributed by atoms with Crippen molar-refractivity contribution in [2.24, 2.45) is 5.92 Å². The van der Waals surface area contributed by atoms with Crippen molar-refractivity contribution in [3.8, 4) is 28.0 Å². The largest absolute Gasteiger partial charge is 0.504 e. The predicted molar refractivity (Wildman–Crippen MR) is 138 cm³/mol. The van der Waals surface area contributed by atoms with Crippen LogP contribution in [0.2, 0.25) is 0 Å². The first-order valence-electron chi connectivity index (χ1n) is 12.8. The van der Waals surface area contributed by atoms with E-state index in [1.54, 1.807) is 13.0 Å². The maximum Gasteiger partial charge on any atom is 0.173 e. The second-order valence-corrected chi connectivity index (χ2v) is 9.66. The zero-order valence-corrected chi connectivity index (χ0v) is 20.3. The van der Waals surface area contributed by atoms with Crippen molar-refractivity contribution in [1.82, 2.24) is 0 Å². The molecule has 0 aromatic heterocycles. The summed E-state index contributed by atoms with van der Waals surface area (Å²) in [4.78, 5) is 11.9. The third kappa shape index (κ3) is 5.24. The summed E-state index contributed by atoms with van der Waals surface area (Å²) in [5.74, 6) is 0.00658. The third-order valence-corrected chi connectivity index (χ3v) is 7.46. The molecule has 0 bridgehead atoms. The van der Waals surface area contributed by atoms with Gasteiger partial charge in [0.15, 0.2) is 17.3 Å². The smallest absolute Gasteiger partial charge is 0.173 e. The predicted octanol–water partition coefficient (Wildman–Crippen LogP) is 8.92. The quantitative estimate of drug-likeness (QED) is 0.342. The number of halogens is 1. The van der Waals surface area contributed by atoms with Crippen LogP contribution in [0.25, 0.3) is 22.3 Å². The fourth-order valence-corrected chi connectivity index (χ4v) is 5.27. The van der Waals surface area contributed by atoms with Gasteiger partial charge in [0, 0.05) is 12.0 Å². The molecule has 178 valence electrons. The first kappa shape index (κ1) is 24.2. The van der Waals surface area contributed by atoms with Gasteiger partial charge in [-0.3, -0.25) is 4.79 Å². The van der Waals surface area contributed by atoms with Crippen molar-refractivity contribution in [3.05, 3.63) is 77.6 Å². The van der Waals surface area contributed by atoms with Gasteiger partial charge in [-0.05, 0) is 65.8 Å². The van der Waals surface area contributed by atoms with Crippen molar-refractivity contribution < 1.29 is 14.3 Å². The molecule has 1 N–H and O–H groups in total. The number of ketones is 1. The summed E-state index contributed by atoms with van der Waals surface area (Å²) in [7, 11) is 0. The van der Waals surface area contributed by atoms with Crippen LogP contribution in [-0.4, -0.2) is 10.9 Å². The minimum Gasteiger partial charge on any atom is -0.504 e. The molecule has 1 aliphatic rings. The van der Waals surface area contributed by atoms with Crippen molar-refractivity contribution in [3.63, 3.8) is 0 Å². The number of phenolic OH excluding ortho intramolecular Hbond substituents is 1. The van der Waals surface area contributed by atoms with Gasteiger partial charge in [0.2, 0.25) is 0 Å². The summed E-state index contributed by atoms with van der Waals surface area (Å²) < 4.78 is 14.8. The highest BCUT2D eigenvalue weighted by Crippen LogP contribution is 2.38. The molecule has 1 fully saturated rings. The molecule has 4 rings (SSSR count). The summed E-state index contributed by atoms with van der Waals surface area (Å²) >= 11 is 0. The van der Waals surface area contributed by atoms with Crippen LogP contribution in [-0.2, 0) is 0 Å². The standard InChI is InChI=1S/C31H35FO2/c1-3-5-6-21-7-9-22(10-8-21)23-11-13-24(14-12-23)25-15-17-26(18-16-25)27-19-20-28(29(33)4-2)31(34)30(27)32/h11-22,34H,3-10H2,1-2H3. The number of Topliss-reactive ketones (excluding diaryl/α,β-unsaturated/α-hetero) is 1. The van der Waals surface area contributed by atoms with E-state index in [-0.39, 0.29) is 17.8 Å². The van der Waals surface area contributed by atoms with E-state index in [4.69, 9.17) is 0 Å². The Bertz CT molecular complexity index is 1110. The van der Waals surface area contributed by atoms with E-state index in [0.29, 0.717) is 17.0 Å². The van der Waals surface area contributed by atoms with E-state index in [1.165, 1.54) is 56.6 Å². The highest BCUT2D eigenvalue weighted by atomic mass is 19.1. The topological polar surface area (TPSA) is 37.3 Å². The number of hydrogen-bond acceptors (Lipinski definition) is 2. The Labute approximate surface area is 202 Å². The molecule has 0 heterocycles. The molecule has 0 saturated heterocycles. The Morgan fingerprint density at radius 1 is 0.853 bits per heavy atom. The second-order valence-electron chi connectivity index (χ2n) is 9.66. The molecule has 0 amide bonds. The van der Waals surface area contributed by atoms with Gasteiger partial charge >= 0.3 is 0 Å². The molecule has 0 radical (unpaired) electrons. The van der Waals surface area contributed by atoms with Gasteiger partial charge in [-0.15, -0.1) is 0 Å². The first-order chi connectivity index (χ1) is 16.5. The van der Waals surface area contributed by atoms with Gasteiger partial charge in [0.1, 0.15) is 0 Å². The van der Waals surface area contributed by atoms with Gasteiger partial charge in [0.25, 0.3) is 0 Å². The van der Waals surface area contributed by atoms with E-state index in [9.17, 15) is 14.3 Å². The Hall–Kier alpha value is -2.94. The molecule has 3 aromatic carbocycles. The SMILES string of the molecule is CCCCC1CCC(c2ccc(-c3ccc(-c4ccc(C(=O)CC)c(O)c4F)cc3)cc2)CC1. The molecule has 1 aliphatic carbocycles. The van der Waals surface area contributed by atoms with E-state index >= 15 is 0 Å². The lowest BCUT2D eigenvalue weighted by Gasteiger charge is -2.29. The lowest BCUT2D eigenvalue weighted by Crippen LogP contribution is -2.13. The molecule has 0 unspecified atom stereocenters. The maximum absolute atomic E-state index is 14.8. The van der Waals surface area contributed by atoms with E-state index in [2.05, 4.69) is 31.2 Å². The fraction of sp³-hybridized carbons (Fsp3) is 0.387. The van der Waals surface area contributed by atoms with Crippen LogP contribution in [0.1, 0.15) is 87.1 Å². The second kappa shape index (κ2) is 11.0. The fourth-order valence-electron chi connectivity index (χ4n) is 5.27. The van der Waals surface area contributed by atoms with Crippen LogP contribution in [0.4, 0.5) is 4.39 Å². The number of benzene rings is 3. The van der Waals surface area contributed by atoms with Crippen LogP contribution < -0.4 is 0 Å². The molecule has 3 heteroatoms. The molecular weight excluding hydrogens is 423 g/mol. The van der Waals surface area contributed by atoms with Gasteiger partial charge < -0.3 is 5.11 Å². The van der Waals surface area contributed by atoms with Crippen molar-refractivity contribution in [2.75, 3.05) is 0 Å². The first-order valence-corrected chi connectivity index (χ1v) is 12.8. The van der Waals surface area contributed by atoms with Crippen LogP contribution >= 0.6 is 0 Å². The van der Waals surface area contributed by atoms with Crippen molar-refractivity contribution in [1.29, 1.82) is 0 Å². The Kier molecular flexibility index (Phi) is 7.82. The third-order valence-electron chi connectivity index (χ3n) is 7.46. The summed E-state index contributed by atoms with van der Waals surface area (Å²) in [6, 6.07) is 19.6. The average molecular weight is 459 g/mol. The molecular formula is C31H35FO2. The average Bonchev–Trinajstić information content (AvgIpc) is 2.89. The number of aromatic hydroxyl groups is 1. The van der Waals surface area contributed by atoms with Crippen LogP contribution in [0, 0.1) is 11.7 Å². The Morgan fingerprint density at radius 3 is 2.03 bits per heavy atom. The zero-order chi connectivity index (χ0) is 24.1. The maximum atomic E-state index is 14.8. The minimum absolute atomic E-state index is 0.0369. The number of rotatable bonds is 8. The zero-order valence-electron chi connectivity index (χ0n) is 20.3. The van der Waals surface area contributed by atoms with Gasteiger partial charge in [-0.2, -0.15) is 0 Å². The molecule has 3 aromatic rings. The van der Waals surface area contributed by atoms with Crippen molar-refractivity contribution >= 4 is 5.78 Å². The van der Waals surface area contributed by atoms with E-state index < -0.39 is 11.6 Å². The molecule has 34 heavy (non-hydrogen) atoms. The minimum atomic E-state index is -0.749. The molecule has 1 saturated carbocycles. The lowest BCUT2D eigenvalue weighted by molar-refractivity contribution is 0.0985. The highest BCUT2D eigenvalue weighted by Gasteiger charge is 2.22. The van der Waals surface area contributed by atoms with E-state index in [1.807, 2.05) is 24.3 Å². The number of phenols is 1. The highest BCUT2D eigenvalue weighted by molar-refractivity contribution is 5.99. The lowest BCUT2D eigenvalue weighted by atomic mass is 9.77. The molecule has 0 aliphatic heterocycles. The van der Waals surface area contributed by atoms with Gasteiger partial charge in [-0.1, -0.05) is 87.7 Å². The number of unbranched alkanes of at least 4 members (excludes halogenated alkanes) is 1. The molecule has 0 spiro atoms. The van der Waals surface area contributed by atoms with Crippen molar-refractivity contribution in [2.45, 2.75) is 71.1 Å². The monoisotopic (exact) mass is 458 g/mol. The Balaban J connectivity index is 1.45. The van der Waals surface area contributed by atoms with Crippen LogP contribution in [0.15, 0.2) is 60.7 Å². The summed E-state index contributed by atoms with van der Waals surface area (Å²) in [5.41, 5.74) is 4.65. The summed E-state index contributed by atoms with van der Waals surface area (Å²) in [6.07, 6.45) is 9.57. The Morgan fingerprint density at radius 2 is 1.44 bits per heavy atom. The normalized spacial score (nSPS) is 18.1. The molecule has 2 nitrogen and oxygen atoms in total. The summed E-state index contributed by atoms with van der Waals surface area (Å²) in [6.45, 7) is 3.97. The van der Waals surface area contributed by atoms with Crippen LogP contribution in [0.5, 0.6) is 5.75 Å². The number of carbonyl (C=O) groups excluding carboxylic acids is 1.